The molecule has 1 aromatic rings. The zero-order valence-corrected chi connectivity index (χ0v) is 13.2. The van der Waals surface area contributed by atoms with Gasteiger partial charge in [0.1, 0.15) is 10.6 Å². The summed E-state index contributed by atoms with van der Waals surface area (Å²) in [4.78, 5) is 21.5. The van der Waals surface area contributed by atoms with Gasteiger partial charge in [-0.15, -0.1) is 13.2 Å². The van der Waals surface area contributed by atoms with E-state index < -0.39 is 51.0 Å². The number of benzene rings is 1. The molecule has 0 aliphatic rings. The van der Waals surface area contributed by atoms with Crippen LogP contribution in [0.2, 0.25) is 0 Å². The van der Waals surface area contributed by atoms with Crippen LogP contribution >= 0.6 is 0 Å². The number of ether oxygens (including phenoxy) is 1. The van der Waals surface area contributed by atoms with E-state index in [9.17, 15) is 31.2 Å². The van der Waals surface area contributed by atoms with Gasteiger partial charge < -0.3 is 10.5 Å². The van der Waals surface area contributed by atoms with Crippen LogP contribution in [0.1, 0.15) is 6.42 Å². The minimum absolute atomic E-state index is 0.00662. The summed E-state index contributed by atoms with van der Waals surface area (Å²) >= 11 is 0. The number of carbonyl (C=O) groups excluding carboxylic acids is 2. The fraction of sp³-hybridized carbons (Fsp3) is 0.231. The molecule has 0 bridgehead atoms. The summed E-state index contributed by atoms with van der Waals surface area (Å²) in [5.74, 6) is -2.81. The first-order valence-corrected chi connectivity index (χ1v) is 8.07. The lowest BCUT2D eigenvalue weighted by Gasteiger charge is -2.13. The number of carbonyl (C=O) groups is 2. The molecule has 0 unspecified atom stereocenters. The molecule has 0 spiro atoms. The van der Waals surface area contributed by atoms with Crippen molar-refractivity contribution in [2.45, 2.75) is 17.7 Å². The molecule has 1 radical (unpaired) electrons. The molecule has 0 aromatic heterocycles. The number of alkyl halides is 3. The van der Waals surface area contributed by atoms with Crippen molar-refractivity contribution >= 4 is 21.8 Å². The summed E-state index contributed by atoms with van der Waals surface area (Å²) in [7, 11) is -4.24. The SMILES string of the molecule is N#CN(C(N)=O)C(=O)[CH]CCS(=O)(=O)c1ccccc1OC(F)(F)F. The quantitative estimate of drug-likeness (QED) is 0.587. The van der Waals surface area contributed by atoms with Crippen LogP contribution in [0.5, 0.6) is 5.75 Å². The van der Waals surface area contributed by atoms with Crippen LogP contribution in [-0.2, 0) is 14.6 Å². The Labute approximate surface area is 140 Å². The molecule has 0 heterocycles. The molecule has 135 valence electrons. The predicted molar refractivity (Wildman–Crippen MR) is 76.1 cm³/mol. The van der Waals surface area contributed by atoms with E-state index in [0.29, 0.717) is 6.42 Å². The van der Waals surface area contributed by atoms with E-state index in [1.165, 1.54) is 12.3 Å². The van der Waals surface area contributed by atoms with Gasteiger partial charge in [-0.05, 0) is 18.6 Å². The second kappa shape index (κ2) is 7.84. The van der Waals surface area contributed by atoms with Crippen molar-refractivity contribution < 1.29 is 35.9 Å². The van der Waals surface area contributed by atoms with Crippen LogP contribution in [0.4, 0.5) is 18.0 Å². The Morgan fingerprint density at radius 2 is 1.92 bits per heavy atom. The molecule has 25 heavy (non-hydrogen) atoms. The van der Waals surface area contributed by atoms with Crippen LogP contribution in [0.25, 0.3) is 0 Å². The van der Waals surface area contributed by atoms with E-state index in [4.69, 9.17) is 11.0 Å². The van der Waals surface area contributed by atoms with Gasteiger partial charge in [-0.2, -0.15) is 10.2 Å². The highest BCUT2D eigenvalue weighted by Gasteiger charge is 2.34. The fourth-order valence-corrected chi connectivity index (χ4v) is 3.01. The van der Waals surface area contributed by atoms with Crippen LogP contribution in [-0.4, -0.2) is 37.4 Å². The second-order valence-electron chi connectivity index (χ2n) is 4.42. The van der Waals surface area contributed by atoms with Crippen LogP contribution in [0.15, 0.2) is 29.2 Å². The number of sulfone groups is 1. The first-order valence-electron chi connectivity index (χ1n) is 6.42. The van der Waals surface area contributed by atoms with Crippen LogP contribution in [0.3, 0.4) is 0 Å². The number of nitriles is 1. The molecule has 3 amide bonds. The Kier molecular flexibility index (Phi) is 6.35. The van der Waals surface area contributed by atoms with Crippen molar-refractivity contribution in [3.63, 3.8) is 0 Å². The number of urea groups is 1. The highest BCUT2D eigenvalue weighted by molar-refractivity contribution is 7.91. The maximum absolute atomic E-state index is 12.3. The Balaban J connectivity index is 2.86. The monoisotopic (exact) mass is 378 g/mol. The largest absolute Gasteiger partial charge is 0.573 e. The first-order chi connectivity index (χ1) is 11.5. The lowest BCUT2D eigenvalue weighted by atomic mass is 10.3. The van der Waals surface area contributed by atoms with Crippen molar-refractivity contribution in [2.24, 2.45) is 5.73 Å². The lowest BCUT2D eigenvalue weighted by Crippen LogP contribution is -2.37. The molecule has 0 saturated carbocycles. The van der Waals surface area contributed by atoms with Gasteiger partial charge in [-0.25, -0.2) is 13.2 Å². The van der Waals surface area contributed by atoms with Crippen LogP contribution < -0.4 is 10.5 Å². The number of rotatable bonds is 6. The van der Waals surface area contributed by atoms with E-state index in [2.05, 4.69) is 4.74 Å². The molecule has 0 aliphatic heterocycles. The third-order valence-corrected chi connectivity index (χ3v) is 4.44. The van der Waals surface area contributed by atoms with Crippen molar-refractivity contribution in [1.82, 2.24) is 4.90 Å². The van der Waals surface area contributed by atoms with Crippen molar-refractivity contribution in [2.75, 3.05) is 5.75 Å². The number of nitrogens with zero attached hydrogens (tertiary/aromatic N) is 2. The maximum atomic E-state index is 12.3. The molecule has 2 N–H and O–H groups in total. The summed E-state index contributed by atoms with van der Waals surface area (Å²) in [6, 6.07) is 2.77. The summed E-state index contributed by atoms with van der Waals surface area (Å²) in [6.45, 7) is 0. The van der Waals surface area contributed by atoms with Gasteiger partial charge in [0, 0.05) is 0 Å². The van der Waals surface area contributed by atoms with Crippen LogP contribution in [0, 0.1) is 17.9 Å². The Hall–Kier alpha value is -2.81. The van der Waals surface area contributed by atoms with E-state index >= 15 is 0 Å². The third kappa shape index (κ3) is 5.96. The molecule has 0 aliphatic carbocycles. The van der Waals surface area contributed by atoms with Crippen molar-refractivity contribution in [1.29, 1.82) is 5.26 Å². The molecular formula is C13H11F3N3O5S. The highest BCUT2D eigenvalue weighted by Crippen LogP contribution is 2.30. The first kappa shape index (κ1) is 20.2. The molecule has 8 nitrogen and oxygen atoms in total. The average Bonchev–Trinajstić information content (AvgIpc) is 2.46. The summed E-state index contributed by atoms with van der Waals surface area (Å²) in [6.07, 6.45) is -3.64. The zero-order valence-electron chi connectivity index (χ0n) is 12.4. The number of para-hydroxylation sites is 1. The number of halogens is 3. The van der Waals surface area contributed by atoms with Gasteiger partial charge in [-0.1, -0.05) is 12.1 Å². The lowest BCUT2D eigenvalue weighted by molar-refractivity contribution is -0.275. The number of primary amides is 1. The van der Waals surface area contributed by atoms with E-state index in [0.717, 1.165) is 18.2 Å². The molecule has 0 saturated heterocycles. The highest BCUT2D eigenvalue weighted by atomic mass is 32.2. The minimum Gasteiger partial charge on any atom is -0.404 e. The number of hydrogen-bond acceptors (Lipinski definition) is 6. The minimum atomic E-state index is -5.08. The number of hydrogen-bond donors (Lipinski definition) is 1. The molecular weight excluding hydrogens is 367 g/mol. The third-order valence-electron chi connectivity index (χ3n) is 2.66. The van der Waals surface area contributed by atoms with E-state index in [-0.39, 0.29) is 4.90 Å². The van der Waals surface area contributed by atoms with Crippen molar-refractivity contribution in [3.05, 3.63) is 30.7 Å². The predicted octanol–water partition coefficient (Wildman–Crippen LogP) is 1.34. The number of amides is 3. The van der Waals surface area contributed by atoms with Gasteiger partial charge in [0.2, 0.25) is 5.91 Å². The smallest absolute Gasteiger partial charge is 0.404 e. The maximum Gasteiger partial charge on any atom is 0.573 e. The van der Waals surface area contributed by atoms with Gasteiger partial charge in [0.15, 0.2) is 16.0 Å². The van der Waals surface area contributed by atoms with E-state index in [1.54, 1.807) is 0 Å². The molecule has 1 rings (SSSR count). The van der Waals surface area contributed by atoms with Gasteiger partial charge >= 0.3 is 12.4 Å². The fourth-order valence-electron chi connectivity index (χ4n) is 1.66. The Bertz CT molecular complexity index is 802. The number of nitrogens with two attached hydrogens (primary N) is 1. The second-order valence-corrected chi connectivity index (χ2v) is 6.50. The Morgan fingerprint density at radius 1 is 1.32 bits per heavy atom. The van der Waals surface area contributed by atoms with Crippen molar-refractivity contribution in [3.8, 4) is 11.9 Å². The van der Waals surface area contributed by atoms with Gasteiger partial charge in [-0.3, -0.25) is 4.79 Å². The van der Waals surface area contributed by atoms with Gasteiger partial charge in [0.05, 0.1) is 12.2 Å². The number of imide groups is 1. The molecule has 12 heteroatoms. The topological polar surface area (TPSA) is 131 Å². The standard InChI is InChI=1S/C13H11F3N3O5S/c14-13(15,16)24-9-4-1-2-5-10(9)25(22,23)7-3-6-11(20)19(8-17)12(18)21/h1-2,4-6H,3,7H2,(H2,18,21). The Morgan fingerprint density at radius 3 is 2.44 bits per heavy atom. The summed E-state index contributed by atoms with van der Waals surface area (Å²) in [5.41, 5.74) is 4.76. The molecule has 0 atom stereocenters. The molecule has 0 fully saturated rings. The normalized spacial score (nSPS) is 11.4. The van der Waals surface area contributed by atoms with Gasteiger partial charge in [0.25, 0.3) is 0 Å². The summed E-state index contributed by atoms with van der Waals surface area (Å²) < 4.78 is 64.9. The summed E-state index contributed by atoms with van der Waals surface area (Å²) in [5, 5.41) is 8.54. The van der Waals surface area contributed by atoms with E-state index in [1.807, 2.05) is 0 Å². The zero-order chi connectivity index (χ0) is 19.3. The average molecular weight is 378 g/mol. The molecule has 1 aromatic carbocycles.